The van der Waals surface area contributed by atoms with E-state index < -0.39 is 41.3 Å². The second kappa shape index (κ2) is 8.02. The van der Waals surface area contributed by atoms with E-state index in [1.165, 1.54) is 0 Å². The van der Waals surface area contributed by atoms with Gasteiger partial charge in [0.2, 0.25) is 0 Å². The van der Waals surface area contributed by atoms with Crippen molar-refractivity contribution in [1.82, 2.24) is 0 Å². The quantitative estimate of drug-likeness (QED) is 0.440. The van der Waals surface area contributed by atoms with E-state index in [1.54, 1.807) is 31.2 Å². The van der Waals surface area contributed by atoms with E-state index in [2.05, 4.69) is 0 Å². The topological polar surface area (TPSA) is 60.4 Å². The second-order valence-corrected chi connectivity index (χ2v) is 4.66. The maximum atomic E-state index is 11.9. The predicted octanol–water partition coefficient (Wildman–Crippen LogP) is 2.52. The van der Waals surface area contributed by atoms with Crippen molar-refractivity contribution in [1.29, 1.82) is 0 Å². The molecule has 0 N–H and O–H groups in total. The Morgan fingerprint density at radius 2 is 1.55 bits per heavy atom. The molecule has 1 atom stereocenters. The van der Waals surface area contributed by atoms with Crippen molar-refractivity contribution >= 4 is 40.7 Å². The van der Waals surface area contributed by atoms with Crippen molar-refractivity contribution in [2.24, 2.45) is 5.92 Å². The molecule has 0 aliphatic rings. The van der Waals surface area contributed by atoms with Crippen LogP contribution in [0.1, 0.15) is 18.6 Å². The van der Waals surface area contributed by atoms with Crippen molar-refractivity contribution in [2.45, 2.75) is 13.0 Å². The molecule has 1 aromatic carbocycles. The molecule has 0 heterocycles. The van der Waals surface area contributed by atoms with Crippen LogP contribution in [0.5, 0.6) is 0 Å². The Balaban J connectivity index is 2.81. The van der Waals surface area contributed by atoms with Crippen LogP contribution in [0.25, 0.3) is 0 Å². The Bertz CT molecular complexity index is 471. The van der Waals surface area contributed by atoms with Gasteiger partial charge in [0.25, 0.3) is 0 Å². The molecule has 0 bridgehead atoms. The molecule has 108 valence electrons. The Morgan fingerprint density at radius 1 is 1.05 bits per heavy atom. The molecule has 0 aliphatic carbocycles. The minimum absolute atomic E-state index is 0.442. The lowest BCUT2D eigenvalue weighted by atomic mass is 10.0. The van der Waals surface area contributed by atoms with E-state index in [0.29, 0.717) is 0 Å². The van der Waals surface area contributed by atoms with Crippen LogP contribution in [0.15, 0.2) is 30.3 Å². The molecule has 1 rings (SSSR count). The first-order valence-corrected chi connectivity index (χ1v) is 7.01. The van der Waals surface area contributed by atoms with Crippen LogP contribution in [0.4, 0.5) is 0 Å². The number of carbonyl (C=O) groups excluding carboxylic acids is 3. The highest BCUT2D eigenvalue weighted by atomic mass is 35.5. The maximum absolute atomic E-state index is 11.9. The molecule has 0 aliphatic heterocycles. The number of alkyl halides is 2. The summed E-state index contributed by atoms with van der Waals surface area (Å²) in [6, 6.07) is 8.98. The number of esters is 1. The number of rotatable bonds is 7. The van der Waals surface area contributed by atoms with Gasteiger partial charge in [-0.1, -0.05) is 30.3 Å². The number of hydrogen-bond acceptors (Lipinski definition) is 4. The summed E-state index contributed by atoms with van der Waals surface area (Å²) >= 11 is 10.8. The smallest absolute Gasteiger partial charge is 0.324 e. The van der Waals surface area contributed by atoms with Crippen LogP contribution in [0.2, 0.25) is 0 Å². The average molecular weight is 317 g/mol. The SMILES string of the molecule is CC(OC(=O)C(C(=O)CCl)C(=O)CCl)c1ccccc1. The molecule has 6 heteroatoms. The van der Waals surface area contributed by atoms with Gasteiger partial charge >= 0.3 is 5.97 Å². The van der Waals surface area contributed by atoms with Gasteiger partial charge in [-0.2, -0.15) is 0 Å². The van der Waals surface area contributed by atoms with Crippen molar-refractivity contribution in [3.63, 3.8) is 0 Å². The molecule has 0 saturated heterocycles. The molecule has 0 radical (unpaired) electrons. The lowest BCUT2D eigenvalue weighted by Gasteiger charge is -2.17. The highest BCUT2D eigenvalue weighted by molar-refractivity contribution is 6.37. The molecule has 0 aromatic heterocycles. The van der Waals surface area contributed by atoms with E-state index >= 15 is 0 Å². The molecular weight excluding hydrogens is 303 g/mol. The monoisotopic (exact) mass is 316 g/mol. The standard InChI is InChI=1S/C14H14Cl2O4/c1-9(10-5-3-2-4-6-10)20-14(19)13(11(17)7-15)12(18)8-16/h2-6,9,13H,7-8H2,1H3. The Hall–Kier alpha value is -1.39. The minimum atomic E-state index is -1.55. The second-order valence-electron chi connectivity index (χ2n) is 4.12. The van der Waals surface area contributed by atoms with Crippen molar-refractivity contribution in [3.8, 4) is 0 Å². The van der Waals surface area contributed by atoms with Crippen LogP contribution in [-0.4, -0.2) is 29.3 Å². The van der Waals surface area contributed by atoms with Gasteiger partial charge in [-0.3, -0.25) is 14.4 Å². The lowest BCUT2D eigenvalue weighted by Crippen LogP contribution is -2.35. The van der Waals surface area contributed by atoms with Gasteiger partial charge < -0.3 is 4.74 Å². The van der Waals surface area contributed by atoms with Gasteiger partial charge in [-0.25, -0.2) is 0 Å². The molecule has 0 amide bonds. The van der Waals surface area contributed by atoms with Crippen LogP contribution in [-0.2, 0) is 19.1 Å². The van der Waals surface area contributed by atoms with Gasteiger partial charge in [-0.05, 0) is 12.5 Å². The molecule has 0 saturated carbocycles. The fraction of sp³-hybridized carbons (Fsp3) is 0.357. The molecule has 0 fully saturated rings. The average Bonchev–Trinajstić information content (AvgIpc) is 2.47. The van der Waals surface area contributed by atoms with Crippen LogP contribution >= 0.6 is 23.2 Å². The number of ketones is 2. The summed E-state index contributed by atoms with van der Waals surface area (Å²) in [6.07, 6.45) is -0.572. The number of carbonyl (C=O) groups is 3. The minimum Gasteiger partial charge on any atom is -0.457 e. The van der Waals surface area contributed by atoms with Crippen molar-refractivity contribution < 1.29 is 19.1 Å². The summed E-state index contributed by atoms with van der Waals surface area (Å²) in [5.74, 6) is -4.76. The molecule has 1 aromatic rings. The van der Waals surface area contributed by atoms with E-state index in [0.717, 1.165) is 5.56 Å². The molecule has 0 spiro atoms. The third-order valence-electron chi connectivity index (χ3n) is 2.70. The first-order valence-electron chi connectivity index (χ1n) is 5.94. The summed E-state index contributed by atoms with van der Waals surface area (Å²) in [5, 5.41) is 0. The Kier molecular flexibility index (Phi) is 6.68. The first-order chi connectivity index (χ1) is 9.51. The summed E-state index contributed by atoms with van der Waals surface area (Å²) < 4.78 is 5.15. The number of hydrogen-bond donors (Lipinski definition) is 0. The number of Topliss-reactive ketones (excluding diaryl/α,β-unsaturated/α-hetero) is 2. The van der Waals surface area contributed by atoms with Crippen molar-refractivity contribution in [2.75, 3.05) is 11.8 Å². The predicted molar refractivity (Wildman–Crippen MR) is 75.9 cm³/mol. The zero-order valence-electron chi connectivity index (χ0n) is 10.8. The summed E-state index contributed by atoms with van der Waals surface area (Å²) in [5.41, 5.74) is 0.760. The molecular formula is C14H14Cl2O4. The van der Waals surface area contributed by atoms with E-state index in [1.807, 2.05) is 6.07 Å². The Labute approximate surface area is 127 Å². The highest BCUT2D eigenvalue weighted by Gasteiger charge is 2.34. The van der Waals surface area contributed by atoms with Gasteiger partial charge in [0.05, 0.1) is 11.8 Å². The van der Waals surface area contributed by atoms with Crippen LogP contribution in [0, 0.1) is 5.92 Å². The van der Waals surface area contributed by atoms with E-state index in [-0.39, 0.29) is 0 Å². The highest BCUT2D eigenvalue weighted by Crippen LogP contribution is 2.19. The third-order valence-corrected chi connectivity index (χ3v) is 3.23. The molecule has 1 unspecified atom stereocenters. The Morgan fingerprint density at radius 3 is 2.00 bits per heavy atom. The summed E-state index contributed by atoms with van der Waals surface area (Å²) in [4.78, 5) is 35.1. The normalized spacial score (nSPS) is 12.0. The van der Waals surface area contributed by atoms with Crippen LogP contribution in [0.3, 0.4) is 0 Å². The summed E-state index contributed by atoms with van der Waals surface area (Å²) in [6.45, 7) is 1.65. The lowest BCUT2D eigenvalue weighted by molar-refractivity contribution is -0.158. The molecule has 20 heavy (non-hydrogen) atoms. The first kappa shape index (κ1) is 16.7. The van der Waals surface area contributed by atoms with E-state index in [4.69, 9.17) is 27.9 Å². The fourth-order valence-electron chi connectivity index (χ4n) is 1.63. The summed E-state index contributed by atoms with van der Waals surface area (Å²) in [7, 11) is 0. The number of halogens is 2. The van der Waals surface area contributed by atoms with Crippen molar-refractivity contribution in [3.05, 3.63) is 35.9 Å². The largest absolute Gasteiger partial charge is 0.457 e. The van der Waals surface area contributed by atoms with Gasteiger partial charge in [-0.15, -0.1) is 23.2 Å². The molecule has 4 nitrogen and oxygen atoms in total. The zero-order valence-corrected chi connectivity index (χ0v) is 12.4. The van der Waals surface area contributed by atoms with Gasteiger partial charge in [0.15, 0.2) is 17.5 Å². The zero-order chi connectivity index (χ0) is 15.1. The number of benzene rings is 1. The third kappa shape index (κ3) is 4.32. The van der Waals surface area contributed by atoms with E-state index in [9.17, 15) is 14.4 Å². The van der Waals surface area contributed by atoms with Crippen LogP contribution < -0.4 is 0 Å². The fourth-order valence-corrected chi connectivity index (χ4v) is 1.94. The van der Waals surface area contributed by atoms with Gasteiger partial charge in [0.1, 0.15) is 6.10 Å². The maximum Gasteiger partial charge on any atom is 0.324 e. The number of ether oxygens (including phenoxy) is 1. The van der Waals surface area contributed by atoms with Gasteiger partial charge in [0, 0.05) is 0 Å².